The van der Waals surface area contributed by atoms with Crippen molar-refractivity contribution in [1.29, 1.82) is 0 Å². The van der Waals surface area contributed by atoms with Gasteiger partial charge in [-0.1, -0.05) is 33.6 Å². The minimum Gasteiger partial charge on any atom is -0.311 e. The third-order valence-electron chi connectivity index (χ3n) is 3.86. The predicted molar refractivity (Wildman–Crippen MR) is 68.1 cm³/mol. The van der Waals surface area contributed by atoms with Gasteiger partial charge in [0.15, 0.2) is 0 Å². The summed E-state index contributed by atoms with van der Waals surface area (Å²) in [7, 11) is 0. The highest BCUT2D eigenvalue weighted by atomic mass is 15.0. The highest BCUT2D eigenvalue weighted by molar-refractivity contribution is 4.84. The maximum Gasteiger partial charge on any atom is 0.00977 e. The van der Waals surface area contributed by atoms with Gasteiger partial charge < -0.3 is 5.32 Å². The minimum absolute atomic E-state index is 0.713. The van der Waals surface area contributed by atoms with Gasteiger partial charge in [-0.15, -0.1) is 0 Å². The SMILES string of the molecule is CCC1CCCC1NC(C)CCC(C)C. The molecule has 0 aromatic carbocycles. The number of nitrogens with one attached hydrogen (secondary N) is 1. The van der Waals surface area contributed by atoms with E-state index in [2.05, 4.69) is 33.0 Å². The molecule has 1 aliphatic rings. The largest absolute Gasteiger partial charge is 0.311 e. The lowest BCUT2D eigenvalue weighted by Gasteiger charge is -2.24. The molecule has 1 N–H and O–H groups in total. The lowest BCUT2D eigenvalue weighted by Crippen LogP contribution is -2.38. The lowest BCUT2D eigenvalue weighted by atomic mass is 9.98. The fraction of sp³-hybridized carbons (Fsp3) is 1.00. The average molecular weight is 211 g/mol. The summed E-state index contributed by atoms with van der Waals surface area (Å²) in [5.41, 5.74) is 0. The Morgan fingerprint density at radius 2 is 1.87 bits per heavy atom. The molecule has 3 atom stereocenters. The molecule has 90 valence electrons. The van der Waals surface area contributed by atoms with Crippen molar-refractivity contribution in [2.75, 3.05) is 0 Å². The van der Waals surface area contributed by atoms with Crippen LogP contribution in [0.25, 0.3) is 0 Å². The van der Waals surface area contributed by atoms with Crippen molar-refractivity contribution < 1.29 is 0 Å². The van der Waals surface area contributed by atoms with Gasteiger partial charge in [0.05, 0.1) is 0 Å². The standard InChI is InChI=1S/C14H29N/c1-5-13-7-6-8-14(13)15-12(4)10-9-11(2)3/h11-15H,5-10H2,1-4H3. The zero-order chi connectivity index (χ0) is 11.3. The first-order chi connectivity index (χ1) is 7.13. The van der Waals surface area contributed by atoms with Gasteiger partial charge in [0.25, 0.3) is 0 Å². The summed E-state index contributed by atoms with van der Waals surface area (Å²) in [6.45, 7) is 9.32. The maximum atomic E-state index is 3.84. The number of rotatable bonds is 6. The molecule has 1 rings (SSSR count). The van der Waals surface area contributed by atoms with E-state index < -0.39 is 0 Å². The topological polar surface area (TPSA) is 12.0 Å². The Morgan fingerprint density at radius 3 is 2.47 bits per heavy atom. The zero-order valence-corrected chi connectivity index (χ0v) is 11.1. The van der Waals surface area contributed by atoms with Gasteiger partial charge in [0.1, 0.15) is 0 Å². The fourth-order valence-electron chi connectivity index (χ4n) is 2.78. The molecule has 3 unspecified atom stereocenters. The zero-order valence-electron chi connectivity index (χ0n) is 11.1. The number of hydrogen-bond donors (Lipinski definition) is 1. The second-order valence-electron chi connectivity index (χ2n) is 5.74. The van der Waals surface area contributed by atoms with Crippen molar-refractivity contribution in [3.8, 4) is 0 Å². The summed E-state index contributed by atoms with van der Waals surface area (Å²) in [6, 6.07) is 1.53. The van der Waals surface area contributed by atoms with E-state index in [4.69, 9.17) is 0 Å². The van der Waals surface area contributed by atoms with Crippen LogP contribution in [0.15, 0.2) is 0 Å². The van der Waals surface area contributed by atoms with Gasteiger partial charge in [-0.25, -0.2) is 0 Å². The van der Waals surface area contributed by atoms with Crippen molar-refractivity contribution in [3.05, 3.63) is 0 Å². The van der Waals surface area contributed by atoms with Crippen LogP contribution < -0.4 is 5.32 Å². The monoisotopic (exact) mass is 211 g/mol. The Morgan fingerprint density at radius 1 is 1.13 bits per heavy atom. The normalized spacial score (nSPS) is 28.6. The molecule has 0 heterocycles. The smallest absolute Gasteiger partial charge is 0.00977 e. The van der Waals surface area contributed by atoms with Crippen LogP contribution in [0.4, 0.5) is 0 Å². The molecule has 1 nitrogen and oxygen atoms in total. The van der Waals surface area contributed by atoms with Gasteiger partial charge >= 0.3 is 0 Å². The molecule has 0 bridgehead atoms. The van der Waals surface area contributed by atoms with Crippen LogP contribution in [0.5, 0.6) is 0 Å². The molecule has 0 aromatic rings. The molecule has 0 aromatic heterocycles. The van der Waals surface area contributed by atoms with E-state index in [0.29, 0.717) is 6.04 Å². The first-order valence-electron chi connectivity index (χ1n) is 6.89. The molecular weight excluding hydrogens is 182 g/mol. The van der Waals surface area contributed by atoms with E-state index in [-0.39, 0.29) is 0 Å². The van der Waals surface area contributed by atoms with Crippen LogP contribution in [0.2, 0.25) is 0 Å². The lowest BCUT2D eigenvalue weighted by molar-refractivity contribution is 0.337. The molecular formula is C14H29N. The molecule has 0 spiro atoms. The molecule has 0 saturated heterocycles. The van der Waals surface area contributed by atoms with E-state index in [1.54, 1.807) is 0 Å². The summed E-state index contributed by atoms with van der Waals surface area (Å²) in [6.07, 6.45) is 8.35. The highest BCUT2D eigenvalue weighted by Crippen LogP contribution is 2.28. The van der Waals surface area contributed by atoms with Crippen LogP contribution in [0.3, 0.4) is 0 Å². The van der Waals surface area contributed by atoms with E-state index in [1.807, 2.05) is 0 Å². The maximum absolute atomic E-state index is 3.84. The summed E-state index contributed by atoms with van der Waals surface area (Å²) < 4.78 is 0. The van der Waals surface area contributed by atoms with E-state index in [1.165, 1.54) is 38.5 Å². The van der Waals surface area contributed by atoms with Crippen molar-refractivity contribution in [2.45, 2.75) is 78.3 Å². The molecule has 0 aliphatic heterocycles. The van der Waals surface area contributed by atoms with Gasteiger partial charge in [-0.2, -0.15) is 0 Å². The quantitative estimate of drug-likeness (QED) is 0.701. The molecule has 0 radical (unpaired) electrons. The van der Waals surface area contributed by atoms with E-state index in [0.717, 1.165) is 17.9 Å². The first kappa shape index (κ1) is 13.0. The van der Waals surface area contributed by atoms with Crippen molar-refractivity contribution in [3.63, 3.8) is 0 Å². The second kappa shape index (κ2) is 6.52. The molecule has 1 saturated carbocycles. The third kappa shape index (κ3) is 4.55. The van der Waals surface area contributed by atoms with Crippen molar-refractivity contribution >= 4 is 0 Å². The number of hydrogen-bond acceptors (Lipinski definition) is 1. The van der Waals surface area contributed by atoms with Gasteiger partial charge in [-0.05, 0) is 44.4 Å². The van der Waals surface area contributed by atoms with E-state index in [9.17, 15) is 0 Å². The van der Waals surface area contributed by atoms with Gasteiger partial charge in [0, 0.05) is 12.1 Å². The Bertz CT molecular complexity index is 165. The highest BCUT2D eigenvalue weighted by Gasteiger charge is 2.26. The Kier molecular flexibility index (Phi) is 5.66. The molecule has 1 heteroatoms. The van der Waals surface area contributed by atoms with Crippen LogP contribution in [-0.4, -0.2) is 12.1 Å². The summed E-state index contributed by atoms with van der Waals surface area (Å²) in [5, 5.41) is 3.84. The average Bonchev–Trinajstić information content (AvgIpc) is 2.62. The summed E-state index contributed by atoms with van der Waals surface area (Å²) in [4.78, 5) is 0. The van der Waals surface area contributed by atoms with Crippen molar-refractivity contribution in [2.24, 2.45) is 11.8 Å². The van der Waals surface area contributed by atoms with Crippen LogP contribution in [-0.2, 0) is 0 Å². The third-order valence-corrected chi connectivity index (χ3v) is 3.86. The van der Waals surface area contributed by atoms with Crippen molar-refractivity contribution in [1.82, 2.24) is 5.32 Å². The fourth-order valence-corrected chi connectivity index (χ4v) is 2.78. The molecule has 0 amide bonds. The molecule has 15 heavy (non-hydrogen) atoms. The molecule has 1 aliphatic carbocycles. The van der Waals surface area contributed by atoms with Crippen LogP contribution >= 0.6 is 0 Å². The van der Waals surface area contributed by atoms with Crippen LogP contribution in [0, 0.1) is 11.8 Å². The van der Waals surface area contributed by atoms with E-state index >= 15 is 0 Å². The Labute approximate surface area is 96.0 Å². The van der Waals surface area contributed by atoms with Gasteiger partial charge in [0.2, 0.25) is 0 Å². The minimum atomic E-state index is 0.713. The summed E-state index contributed by atoms with van der Waals surface area (Å²) in [5.74, 6) is 1.80. The Hall–Kier alpha value is -0.0400. The van der Waals surface area contributed by atoms with Crippen LogP contribution in [0.1, 0.15) is 66.2 Å². The first-order valence-corrected chi connectivity index (χ1v) is 6.89. The summed E-state index contributed by atoms with van der Waals surface area (Å²) >= 11 is 0. The van der Waals surface area contributed by atoms with Gasteiger partial charge in [-0.3, -0.25) is 0 Å². The molecule has 1 fully saturated rings. The second-order valence-corrected chi connectivity index (χ2v) is 5.74. The predicted octanol–water partition coefficient (Wildman–Crippen LogP) is 3.98. The Balaban J connectivity index is 2.21.